The number of anilines is 2. The molecule has 0 radical (unpaired) electrons. The number of benzene rings is 1. The van der Waals surface area contributed by atoms with Gasteiger partial charge in [-0.05, 0) is 48.1 Å². The van der Waals surface area contributed by atoms with E-state index in [0.717, 1.165) is 40.6 Å². The predicted octanol–water partition coefficient (Wildman–Crippen LogP) is 4.37. The standard InChI is InChI=1S/C24H27N5O/c25-14-21-20(18-5-2-1-3-6-18)7-4-8-22(21)29-24-23-19(9-10-27-24)13-17(16-28-23)15-26-11-12-30/h4,7-10,13,16,18,26,30H,1-3,5-6,11-12,15H2,(H,27,29). The van der Waals surface area contributed by atoms with Crippen LogP contribution in [0.1, 0.15) is 54.7 Å². The highest BCUT2D eigenvalue weighted by atomic mass is 16.3. The predicted molar refractivity (Wildman–Crippen MR) is 119 cm³/mol. The van der Waals surface area contributed by atoms with Crippen LogP contribution >= 0.6 is 0 Å². The Morgan fingerprint density at radius 2 is 2.00 bits per heavy atom. The molecular formula is C24H27N5O. The Hall–Kier alpha value is -3.01. The maximum atomic E-state index is 9.91. The number of aliphatic hydroxyl groups excluding tert-OH is 1. The number of rotatable bonds is 7. The van der Waals surface area contributed by atoms with Crippen LogP contribution in [0.2, 0.25) is 0 Å². The van der Waals surface area contributed by atoms with Crippen molar-refractivity contribution in [1.29, 1.82) is 5.26 Å². The maximum Gasteiger partial charge on any atom is 0.156 e. The van der Waals surface area contributed by atoms with Crippen LogP contribution < -0.4 is 10.6 Å². The van der Waals surface area contributed by atoms with E-state index in [9.17, 15) is 5.26 Å². The molecule has 1 fully saturated rings. The summed E-state index contributed by atoms with van der Waals surface area (Å²) in [6.07, 6.45) is 9.64. The van der Waals surface area contributed by atoms with Crippen molar-refractivity contribution in [1.82, 2.24) is 15.3 Å². The smallest absolute Gasteiger partial charge is 0.156 e. The van der Waals surface area contributed by atoms with Gasteiger partial charge in [-0.15, -0.1) is 0 Å². The van der Waals surface area contributed by atoms with E-state index in [-0.39, 0.29) is 6.61 Å². The second-order valence-corrected chi connectivity index (χ2v) is 7.82. The lowest BCUT2D eigenvalue weighted by molar-refractivity contribution is 0.292. The van der Waals surface area contributed by atoms with Crippen LogP contribution in [0.15, 0.2) is 42.7 Å². The number of nitriles is 1. The minimum absolute atomic E-state index is 0.111. The molecule has 0 amide bonds. The van der Waals surface area contributed by atoms with Gasteiger partial charge in [0.25, 0.3) is 0 Å². The number of nitrogens with zero attached hydrogens (tertiary/aromatic N) is 3. The molecule has 4 rings (SSSR count). The number of aromatic nitrogens is 2. The average Bonchev–Trinajstić information content (AvgIpc) is 2.80. The maximum absolute atomic E-state index is 9.91. The number of hydrogen-bond acceptors (Lipinski definition) is 6. The SMILES string of the molecule is N#Cc1c(Nc2nccc3cc(CNCCO)cnc23)cccc1C1CCCCC1. The van der Waals surface area contributed by atoms with Crippen LogP contribution in [0.4, 0.5) is 11.5 Å². The highest BCUT2D eigenvalue weighted by Gasteiger charge is 2.20. The molecule has 1 aromatic carbocycles. The third-order valence-corrected chi connectivity index (χ3v) is 5.78. The molecule has 3 aromatic rings. The molecule has 0 bridgehead atoms. The molecule has 2 aromatic heterocycles. The minimum atomic E-state index is 0.111. The first-order valence-electron chi connectivity index (χ1n) is 10.7. The molecule has 6 nitrogen and oxygen atoms in total. The zero-order valence-corrected chi connectivity index (χ0v) is 17.1. The molecule has 1 aliphatic carbocycles. The fraction of sp³-hybridized carbons (Fsp3) is 0.375. The van der Waals surface area contributed by atoms with Gasteiger partial charge in [-0.25, -0.2) is 4.98 Å². The quantitative estimate of drug-likeness (QED) is 0.509. The lowest BCUT2D eigenvalue weighted by atomic mass is 9.82. The zero-order valence-electron chi connectivity index (χ0n) is 17.1. The number of fused-ring (bicyclic) bond motifs is 1. The summed E-state index contributed by atoms with van der Waals surface area (Å²) in [5, 5.41) is 26.4. The first kappa shape index (κ1) is 20.3. The van der Waals surface area contributed by atoms with Crippen molar-refractivity contribution in [3.63, 3.8) is 0 Å². The van der Waals surface area contributed by atoms with Crippen molar-refractivity contribution in [3.8, 4) is 6.07 Å². The van der Waals surface area contributed by atoms with Gasteiger partial charge in [0.1, 0.15) is 11.6 Å². The van der Waals surface area contributed by atoms with Crippen LogP contribution in [0.3, 0.4) is 0 Å². The first-order chi connectivity index (χ1) is 14.8. The molecule has 1 saturated carbocycles. The summed E-state index contributed by atoms with van der Waals surface area (Å²) in [6, 6.07) is 12.5. The van der Waals surface area contributed by atoms with E-state index in [0.29, 0.717) is 30.4 Å². The highest BCUT2D eigenvalue weighted by Crippen LogP contribution is 2.37. The number of hydrogen-bond donors (Lipinski definition) is 3. The van der Waals surface area contributed by atoms with Gasteiger partial charge in [0.05, 0.1) is 17.9 Å². The summed E-state index contributed by atoms with van der Waals surface area (Å²) in [6.45, 7) is 1.31. The Kier molecular flexibility index (Phi) is 6.53. The second-order valence-electron chi connectivity index (χ2n) is 7.82. The normalized spacial score (nSPS) is 14.5. The van der Waals surface area contributed by atoms with Crippen molar-refractivity contribution in [2.24, 2.45) is 0 Å². The topological polar surface area (TPSA) is 93.9 Å². The van der Waals surface area contributed by atoms with Crippen LogP contribution in [-0.4, -0.2) is 28.2 Å². The van der Waals surface area contributed by atoms with Gasteiger partial charge in [0.15, 0.2) is 5.82 Å². The fourth-order valence-corrected chi connectivity index (χ4v) is 4.29. The Balaban J connectivity index is 1.63. The van der Waals surface area contributed by atoms with Gasteiger partial charge in [-0.1, -0.05) is 31.4 Å². The summed E-state index contributed by atoms with van der Waals surface area (Å²) in [5.74, 6) is 1.11. The molecule has 154 valence electrons. The fourth-order valence-electron chi connectivity index (χ4n) is 4.29. The zero-order chi connectivity index (χ0) is 20.8. The van der Waals surface area contributed by atoms with Crippen molar-refractivity contribution in [2.45, 2.75) is 44.6 Å². The molecule has 0 unspecified atom stereocenters. The Morgan fingerprint density at radius 3 is 2.80 bits per heavy atom. The Morgan fingerprint density at radius 1 is 1.13 bits per heavy atom. The highest BCUT2D eigenvalue weighted by molar-refractivity contribution is 5.90. The number of pyridine rings is 2. The minimum Gasteiger partial charge on any atom is -0.395 e. The molecule has 0 atom stereocenters. The molecule has 0 aliphatic heterocycles. The first-order valence-corrected chi connectivity index (χ1v) is 10.7. The van der Waals surface area contributed by atoms with E-state index >= 15 is 0 Å². The number of aliphatic hydroxyl groups is 1. The van der Waals surface area contributed by atoms with Crippen molar-refractivity contribution < 1.29 is 5.11 Å². The molecular weight excluding hydrogens is 374 g/mol. The molecule has 30 heavy (non-hydrogen) atoms. The van der Waals surface area contributed by atoms with Crippen LogP contribution in [0.5, 0.6) is 0 Å². The van der Waals surface area contributed by atoms with E-state index in [4.69, 9.17) is 5.11 Å². The van der Waals surface area contributed by atoms with Crippen molar-refractivity contribution in [3.05, 3.63) is 59.4 Å². The van der Waals surface area contributed by atoms with E-state index in [1.165, 1.54) is 19.3 Å². The van der Waals surface area contributed by atoms with E-state index in [2.05, 4.69) is 38.8 Å². The molecule has 6 heteroatoms. The number of nitrogens with one attached hydrogen (secondary N) is 2. The summed E-state index contributed by atoms with van der Waals surface area (Å²) in [5.41, 5.74) is 4.47. The molecule has 0 spiro atoms. The Bertz CT molecular complexity index is 1050. The van der Waals surface area contributed by atoms with E-state index in [1.54, 1.807) is 6.20 Å². The monoisotopic (exact) mass is 401 g/mol. The third-order valence-electron chi connectivity index (χ3n) is 5.78. The lowest BCUT2D eigenvalue weighted by Gasteiger charge is -2.24. The van der Waals surface area contributed by atoms with Crippen LogP contribution in [0, 0.1) is 11.3 Å². The lowest BCUT2D eigenvalue weighted by Crippen LogP contribution is -2.17. The second kappa shape index (κ2) is 9.66. The van der Waals surface area contributed by atoms with Gasteiger partial charge >= 0.3 is 0 Å². The summed E-state index contributed by atoms with van der Waals surface area (Å²) >= 11 is 0. The van der Waals surface area contributed by atoms with E-state index < -0.39 is 0 Å². The molecule has 2 heterocycles. The van der Waals surface area contributed by atoms with Crippen LogP contribution in [-0.2, 0) is 6.54 Å². The average molecular weight is 402 g/mol. The van der Waals surface area contributed by atoms with Gasteiger partial charge in [0, 0.05) is 30.9 Å². The Labute approximate surface area is 177 Å². The molecule has 0 saturated heterocycles. The molecule has 1 aliphatic rings. The van der Waals surface area contributed by atoms with Gasteiger partial charge in [-0.3, -0.25) is 4.98 Å². The summed E-state index contributed by atoms with van der Waals surface area (Å²) < 4.78 is 0. The van der Waals surface area contributed by atoms with E-state index in [1.807, 2.05) is 24.4 Å². The van der Waals surface area contributed by atoms with Gasteiger partial charge < -0.3 is 15.7 Å². The van der Waals surface area contributed by atoms with Crippen LogP contribution in [0.25, 0.3) is 10.9 Å². The van der Waals surface area contributed by atoms with Gasteiger partial charge in [0.2, 0.25) is 0 Å². The van der Waals surface area contributed by atoms with Crippen molar-refractivity contribution >= 4 is 22.4 Å². The summed E-state index contributed by atoms with van der Waals surface area (Å²) in [7, 11) is 0. The molecule has 3 N–H and O–H groups in total. The summed E-state index contributed by atoms with van der Waals surface area (Å²) in [4.78, 5) is 9.11. The van der Waals surface area contributed by atoms with Gasteiger partial charge in [-0.2, -0.15) is 5.26 Å². The third kappa shape index (κ3) is 4.43. The largest absolute Gasteiger partial charge is 0.395 e. The van der Waals surface area contributed by atoms with Crippen molar-refractivity contribution in [2.75, 3.05) is 18.5 Å².